The molecule has 4 aromatic rings. The van der Waals surface area contributed by atoms with Crippen LogP contribution in [0.3, 0.4) is 0 Å². The number of nitrogens with zero attached hydrogens (tertiary/aromatic N) is 1. The van der Waals surface area contributed by atoms with Crippen molar-refractivity contribution in [2.45, 2.75) is 10.6 Å². The smallest absolute Gasteiger partial charge is 0.307 e. The fourth-order valence-electron chi connectivity index (χ4n) is 3.63. The number of para-hydroxylation sites is 1. The minimum Gasteiger partial charge on any atom is -0.481 e. The average molecular weight is 464 g/mol. The summed E-state index contributed by atoms with van der Waals surface area (Å²) in [4.78, 5) is 12.5. The highest BCUT2D eigenvalue weighted by molar-refractivity contribution is 7.93. The molecule has 0 unspecified atom stereocenters. The summed E-state index contributed by atoms with van der Waals surface area (Å²) in [5.41, 5.74) is 2.65. The van der Waals surface area contributed by atoms with E-state index in [1.54, 1.807) is 6.07 Å². The van der Waals surface area contributed by atoms with Gasteiger partial charge in [-0.3, -0.25) is 4.79 Å². The number of benzene rings is 2. The third-order valence-corrected chi connectivity index (χ3v) is 8.60. The Hall–Kier alpha value is -3.34. The van der Waals surface area contributed by atoms with Crippen LogP contribution in [0.4, 0.5) is 0 Å². The van der Waals surface area contributed by atoms with Crippen LogP contribution >= 0.6 is 11.3 Å². The van der Waals surface area contributed by atoms with E-state index < -0.39 is 27.5 Å². The molecule has 0 aliphatic rings. The maximum atomic E-state index is 13.0. The van der Waals surface area contributed by atoms with Crippen LogP contribution in [0.1, 0.15) is 16.0 Å². The third-order valence-electron chi connectivity index (χ3n) is 5.21. The number of hydrogen-bond acceptors (Lipinski definition) is 4. The Morgan fingerprint density at radius 1 is 1.03 bits per heavy atom. The van der Waals surface area contributed by atoms with E-state index in [1.165, 1.54) is 6.07 Å². The second-order valence-corrected chi connectivity index (χ2v) is 10.9. The van der Waals surface area contributed by atoms with E-state index in [1.807, 2.05) is 72.4 Å². The molecule has 7 heteroatoms. The van der Waals surface area contributed by atoms with Gasteiger partial charge < -0.3 is 9.67 Å². The molecule has 5 nitrogen and oxygen atoms in total. The van der Waals surface area contributed by atoms with Crippen LogP contribution in [-0.2, 0) is 28.1 Å². The zero-order chi connectivity index (χ0) is 22.7. The van der Waals surface area contributed by atoms with Crippen LogP contribution in [0, 0.1) is 17.8 Å². The highest BCUT2D eigenvalue weighted by atomic mass is 32.2. The molecule has 32 heavy (non-hydrogen) atoms. The molecule has 0 radical (unpaired) electrons. The van der Waals surface area contributed by atoms with Crippen molar-refractivity contribution in [2.24, 2.45) is 13.0 Å². The molecule has 2 heterocycles. The Labute approximate surface area is 190 Å². The normalized spacial score (nSPS) is 12.3. The van der Waals surface area contributed by atoms with Crippen LogP contribution in [0.15, 0.2) is 77.1 Å². The van der Waals surface area contributed by atoms with Crippen LogP contribution in [0.5, 0.6) is 0 Å². The molecule has 2 aromatic heterocycles. The summed E-state index contributed by atoms with van der Waals surface area (Å²) in [6, 6.07) is 20.3. The van der Waals surface area contributed by atoms with E-state index in [2.05, 4.69) is 11.8 Å². The summed E-state index contributed by atoms with van der Waals surface area (Å²) >= 11 is 1.07. The Morgan fingerprint density at radius 2 is 1.75 bits per heavy atom. The minimum absolute atomic E-state index is 0.138. The second kappa shape index (κ2) is 9.03. The van der Waals surface area contributed by atoms with Gasteiger partial charge in [-0.05, 0) is 42.3 Å². The first-order valence-corrected chi connectivity index (χ1v) is 12.5. The van der Waals surface area contributed by atoms with Gasteiger partial charge in [0, 0.05) is 29.7 Å². The fraction of sp³-hybridized carbons (Fsp3) is 0.160. The molecule has 1 atom stereocenters. The van der Waals surface area contributed by atoms with Crippen molar-refractivity contribution >= 4 is 38.0 Å². The summed E-state index contributed by atoms with van der Waals surface area (Å²) < 4.78 is 28.0. The number of hydrogen-bond donors (Lipinski definition) is 1. The molecule has 0 saturated carbocycles. The first-order chi connectivity index (χ1) is 15.3. The number of sulfone groups is 1. The number of thiophene rings is 1. The number of carbonyl (C=O) groups is 1. The average Bonchev–Trinajstić information content (AvgIpc) is 3.38. The molecule has 0 bridgehead atoms. The lowest BCUT2D eigenvalue weighted by Crippen LogP contribution is -2.25. The second-order valence-electron chi connectivity index (χ2n) is 7.54. The Balaban J connectivity index is 1.55. The Kier molecular flexibility index (Phi) is 6.17. The summed E-state index contributed by atoms with van der Waals surface area (Å²) in [5.74, 6) is 3.35. The standard InChI is InChI=1S/C25H21NO4S2/c1-26-16-19(22-9-5-6-10-23(22)26)15-20(25(27)28)17-32(29,30)24-14-13-21(31-24)12-11-18-7-3-2-4-8-18/h2-10,13-14,16,20H,15,17H2,1H3,(H,27,28)/t20-/m0/s1. The van der Waals surface area contributed by atoms with Gasteiger partial charge in [0.25, 0.3) is 0 Å². The van der Waals surface area contributed by atoms with Gasteiger partial charge in [-0.25, -0.2) is 8.42 Å². The third kappa shape index (κ3) is 4.77. The summed E-state index contributed by atoms with van der Waals surface area (Å²) in [5, 5.41) is 10.7. The number of aromatic nitrogens is 1. The molecule has 1 N–H and O–H groups in total. The van der Waals surface area contributed by atoms with Crippen molar-refractivity contribution in [3.63, 3.8) is 0 Å². The maximum Gasteiger partial charge on any atom is 0.307 e. The largest absolute Gasteiger partial charge is 0.481 e. The number of aryl methyl sites for hydroxylation is 1. The first-order valence-electron chi connectivity index (χ1n) is 9.99. The number of fused-ring (bicyclic) bond motifs is 1. The highest BCUT2D eigenvalue weighted by Crippen LogP contribution is 2.27. The predicted molar refractivity (Wildman–Crippen MR) is 127 cm³/mol. The van der Waals surface area contributed by atoms with Gasteiger partial charge in [-0.1, -0.05) is 48.2 Å². The molecule has 0 saturated heterocycles. The van der Waals surface area contributed by atoms with Gasteiger partial charge in [-0.15, -0.1) is 11.3 Å². The quantitative estimate of drug-likeness (QED) is 0.431. The summed E-state index contributed by atoms with van der Waals surface area (Å²) in [7, 11) is -1.88. The number of carboxylic acids is 1. The van der Waals surface area contributed by atoms with Crippen molar-refractivity contribution in [3.05, 3.63) is 88.9 Å². The topological polar surface area (TPSA) is 76.4 Å². The summed E-state index contributed by atoms with van der Waals surface area (Å²) in [6.07, 6.45) is 2.01. The van der Waals surface area contributed by atoms with E-state index >= 15 is 0 Å². The lowest BCUT2D eigenvalue weighted by Gasteiger charge is -2.11. The molecule has 0 fully saturated rings. The molecular formula is C25H21NO4S2. The molecule has 2 aromatic carbocycles. The maximum absolute atomic E-state index is 13.0. The molecule has 0 spiro atoms. The predicted octanol–water partition coefficient (Wildman–Crippen LogP) is 4.36. The molecule has 0 aliphatic carbocycles. The molecule has 0 aliphatic heterocycles. The molecule has 162 valence electrons. The van der Waals surface area contributed by atoms with Crippen LogP contribution in [0.25, 0.3) is 10.9 Å². The molecule has 4 rings (SSSR count). The fourth-order valence-corrected chi connectivity index (χ4v) is 6.43. The van der Waals surface area contributed by atoms with E-state index in [0.717, 1.165) is 33.4 Å². The van der Waals surface area contributed by atoms with Gasteiger partial charge in [0.2, 0.25) is 0 Å². The van der Waals surface area contributed by atoms with Crippen LogP contribution in [-0.4, -0.2) is 29.8 Å². The molecule has 0 amide bonds. The van der Waals surface area contributed by atoms with E-state index in [0.29, 0.717) is 4.88 Å². The summed E-state index contributed by atoms with van der Waals surface area (Å²) in [6.45, 7) is 0. The van der Waals surface area contributed by atoms with Crippen molar-refractivity contribution in [3.8, 4) is 11.8 Å². The minimum atomic E-state index is -3.77. The van der Waals surface area contributed by atoms with Gasteiger partial charge in [0.1, 0.15) is 4.21 Å². The number of carboxylic acid groups (broad SMARTS) is 1. The van der Waals surface area contributed by atoms with Crippen molar-refractivity contribution in [2.75, 3.05) is 5.75 Å². The zero-order valence-corrected chi connectivity index (χ0v) is 19.0. The lowest BCUT2D eigenvalue weighted by atomic mass is 10.0. The monoisotopic (exact) mass is 463 g/mol. The highest BCUT2D eigenvalue weighted by Gasteiger charge is 2.29. The van der Waals surface area contributed by atoms with Crippen molar-refractivity contribution in [1.29, 1.82) is 0 Å². The van der Waals surface area contributed by atoms with Crippen molar-refractivity contribution in [1.82, 2.24) is 4.57 Å². The SMILES string of the molecule is Cn1cc(C[C@@H](CS(=O)(=O)c2ccc(C#Cc3ccccc3)s2)C(=O)O)c2ccccc21. The van der Waals surface area contributed by atoms with E-state index in [9.17, 15) is 18.3 Å². The number of aliphatic carboxylic acids is 1. The van der Waals surface area contributed by atoms with Crippen LogP contribution in [0.2, 0.25) is 0 Å². The van der Waals surface area contributed by atoms with E-state index in [4.69, 9.17) is 0 Å². The van der Waals surface area contributed by atoms with Crippen molar-refractivity contribution < 1.29 is 18.3 Å². The van der Waals surface area contributed by atoms with Gasteiger partial charge >= 0.3 is 5.97 Å². The zero-order valence-electron chi connectivity index (χ0n) is 17.4. The van der Waals surface area contributed by atoms with E-state index in [-0.39, 0.29) is 10.6 Å². The van der Waals surface area contributed by atoms with Crippen LogP contribution < -0.4 is 0 Å². The Morgan fingerprint density at radius 3 is 2.50 bits per heavy atom. The van der Waals surface area contributed by atoms with Gasteiger partial charge in [0.05, 0.1) is 16.5 Å². The first kappa shape index (κ1) is 21.9. The number of rotatable bonds is 6. The van der Waals surface area contributed by atoms with Gasteiger partial charge in [0.15, 0.2) is 9.84 Å². The molecular weight excluding hydrogens is 442 g/mol. The lowest BCUT2D eigenvalue weighted by molar-refractivity contribution is -0.140. The van der Waals surface area contributed by atoms with Gasteiger partial charge in [-0.2, -0.15) is 0 Å². The Bertz CT molecular complexity index is 1440.